The van der Waals surface area contributed by atoms with Gasteiger partial charge in [-0.25, -0.2) is 0 Å². The van der Waals surface area contributed by atoms with E-state index in [1.807, 2.05) is 6.07 Å². The molecule has 1 aromatic carbocycles. The molecule has 4 heteroatoms. The molecule has 0 aromatic heterocycles. The fraction of sp³-hybridized carbons (Fsp3) is 0.625. The summed E-state index contributed by atoms with van der Waals surface area (Å²) in [6.07, 6.45) is 2.64. The van der Waals surface area contributed by atoms with E-state index in [0.717, 1.165) is 24.0 Å². The molecule has 0 amide bonds. The van der Waals surface area contributed by atoms with E-state index in [9.17, 15) is 0 Å². The minimum Gasteiger partial charge on any atom is -0.486 e. The third-order valence-electron chi connectivity index (χ3n) is 4.59. The van der Waals surface area contributed by atoms with Gasteiger partial charge in [-0.1, -0.05) is 6.07 Å². The van der Waals surface area contributed by atoms with Gasteiger partial charge < -0.3 is 15.2 Å². The Labute approximate surface area is 120 Å². The van der Waals surface area contributed by atoms with Crippen molar-refractivity contribution in [2.75, 3.05) is 26.8 Å². The lowest BCUT2D eigenvalue weighted by atomic mass is 10.0. The molecule has 3 rings (SSSR count). The minimum atomic E-state index is 0.333. The van der Waals surface area contributed by atoms with E-state index in [1.165, 1.54) is 18.4 Å². The summed E-state index contributed by atoms with van der Waals surface area (Å²) in [5, 5.41) is 0. The van der Waals surface area contributed by atoms with Gasteiger partial charge in [0.25, 0.3) is 0 Å². The molecule has 2 atom stereocenters. The van der Waals surface area contributed by atoms with Crippen LogP contribution in [0.4, 0.5) is 0 Å². The lowest BCUT2D eigenvalue weighted by Crippen LogP contribution is -2.41. The van der Waals surface area contributed by atoms with E-state index < -0.39 is 0 Å². The van der Waals surface area contributed by atoms with Gasteiger partial charge in [-0.15, -0.1) is 0 Å². The minimum absolute atomic E-state index is 0.333. The van der Waals surface area contributed by atoms with Crippen molar-refractivity contribution in [1.29, 1.82) is 0 Å². The first-order valence-electron chi connectivity index (χ1n) is 7.52. The summed E-state index contributed by atoms with van der Waals surface area (Å²) < 4.78 is 11.2. The Bertz CT molecular complexity index is 474. The van der Waals surface area contributed by atoms with Crippen LogP contribution in [0.3, 0.4) is 0 Å². The molecule has 2 N–H and O–H groups in total. The third kappa shape index (κ3) is 2.63. The molecule has 1 aliphatic heterocycles. The van der Waals surface area contributed by atoms with Crippen LogP contribution in [0.15, 0.2) is 18.2 Å². The maximum Gasteiger partial charge on any atom is 0.161 e. The maximum absolute atomic E-state index is 5.95. The number of ether oxygens (including phenoxy) is 2. The third-order valence-corrected chi connectivity index (χ3v) is 4.59. The highest BCUT2D eigenvalue weighted by atomic mass is 16.6. The molecule has 1 saturated carbocycles. The fourth-order valence-electron chi connectivity index (χ4n) is 3.01. The highest BCUT2D eigenvalue weighted by Crippen LogP contribution is 2.38. The predicted molar refractivity (Wildman–Crippen MR) is 79.2 cm³/mol. The van der Waals surface area contributed by atoms with E-state index in [-0.39, 0.29) is 0 Å². The van der Waals surface area contributed by atoms with Gasteiger partial charge in [0.1, 0.15) is 13.2 Å². The number of hydrogen-bond donors (Lipinski definition) is 1. The summed E-state index contributed by atoms with van der Waals surface area (Å²) in [5.74, 6) is 2.50. The number of nitrogens with two attached hydrogens (primary N) is 1. The van der Waals surface area contributed by atoms with Gasteiger partial charge in [0.05, 0.1) is 0 Å². The number of fused-ring (bicyclic) bond motifs is 1. The average Bonchev–Trinajstić information content (AvgIpc) is 3.31. The molecule has 1 heterocycles. The first-order valence-corrected chi connectivity index (χ1v) is 7.52. The molecule has 110 valence electrons. The molecular weight excluding hydrogens is 252 g/mol. The van der Waals surface area contributed by atoms with Gasteiger partial charge in [-0.3, -0.25) is 4.90 Å². The summed E-state index contributed by atoms with van der Waals surface area (Å²) in [5.41, 5.74) is 7.22. The number of likely N-dealkylation sites (N-methyl/N-ethyl adjacent to an activating group) is 1. The van der Waals surface area contributed by atoms with Crippen molar-refractivity contribution in [2.24, 2.45) is 11.7 Å². The van der Waals surface area contributed by atoms with Crippen LogP contribution in [0.5, 0.6) is 11.5 Å². The topological polar surface area (TPSA) is 47.7 Å². The van der Waals surface area contributed by atoms with E-state index in [1.54, 1.807) is 0 Å². The van der Waals surface area contributed by atoms with Crippen LogP contribution in [-0.2, 0) is 0 Å². The summed E-state index contributed by atoms with van der Waals surface area (Å²) in [4.78, 5) is 2.41. The van der Waals surface area contributed by atoms with Crippen molar-refractivity contribution in [3.05, 3.63) is 23.8 Å². The van der Waals surface area contributed by atoms with Gasteiger partial charge in [-0.05, 0) is 50.4 Å². The zero-order valence-electron chi connectivity index (χ0n) is 12.3. The first kappa shape index (κ1) is 13.7. The Balaban J connectivity index is 1.77. The zero-order chi connectivity index (χ0) is 14.1. The molecule has 0 saturated heterocycles. The second-order valence-electron chi connectivity index (χ2n) is 5.89. The van der Waals surface area contributed by atoms with Crippen molar-refractivity contribution in [3.8, 4) is 11.5 Å². The molecular formula is C16H24N2O2. The Kier molecular flexibility index (Phi) is 3.85. The molecule has 1 aromatic rings. The molecule has 0 spiro atoms. The van der Waals surface area contributed by atoms with Gasteiger partial charge in [0, 0.05) is 18.6 Å². The lowest BCUT2D eigenvalue weighted by Gasteiger charge is -2.33. The Morgan fingerprint density at radius 3 is 2.60 bits per heavy atom. The molecule has 0 bridgehead atoms. The highest BCUT2D eigenvalue weighted by Gasteiger charge is 2.34. The van der Waals surface area contributed by atoms with E-state index in [0.29, 0.717) is 25.3 Å². The van der Waals surface area contributed by atoms with Crippen molar-refractivity contribution in [2.45, 2.75) is 31.8 Å². The van der Waals surface area contributed by atoms with Crippen LogP contribution in [0.1, 0.15) is 31.4 Å². The molecule has 2 unspecified atom stereocenters. The predicted octanol–water partition coefficient (Wildman–Crippen LogP) is 2.19. The van der Waals surface area contributed by atoms with Crippen LogP contribution in [-0.4, -0.2) is 37.7 Å². The molecule has 1 aliphatic carbocycles. The van der Waals surface area contributed by atoms with Gasteiger partial charge >= 0.3 is 0 Å². The van der Waals surface area contributed by atoms with Gasteiger partial charge in [0.15, 0.2) is 11.5 Å². The quantitative estimate of drug-likeness (QED) is 0.895. The van der Waals surface area contributed by atoms with E-state index >= 15 is 0 Å². The monoisotopic (exact) mass is 276 g/mol. The number of hydrogen-bond acceptors (Lipinski definition) is 4. The summed E-state index contributed by atoms with van der Waals surface area (Å²) in [7, 11) is 2.18. The average molecular weight is 276 g/mol. The second kappa shape index (κ2) is 5.62. The zero-order valence-corrected chi connectivity index (χ0v) is 12.3. The molecule has 4 nitrogen and oxygen atoms in total. The van der Waals surface area contributed by atoms with E-state index in [2.05, 4.69) is 31.0 Å². The Morgan fingerprint density at radius 1 is 1.25 bits per heavy atom. The van der Waals surface area contributed by atoms with Crippen LogP contribution in [0.2, 0.25) is 0 Å². The fourth-order valence-corrected chi connectivity index (χ4v) is 3.01. The first-order chi connectivity index (χ1) is 9.70. The normalized spacial score (nSPS) is 20.8. The molecule has 2 aliphatic rings. The standard InChI is InChI=1S/C16H24N2O2/c1-11(18(2)14(10-17)12-3-4-12)13-5-6-15-16(9-13)20-8-7-19-15/h5-6,9,11-12,14H,3-4,7-8,10,17H2,1-2H3. The summed E-state index contributed by atoms with van der Waals surface area (Å²) >= 11 is 0. The number of nitrogens with zero attached hydrogens (tertiary/aromatic N) is 1. The van der Waals surface area contributed by atoms with Crippen molar-refractivity contribution < 1.29 is 9.47 Å². The van der Waals surface area contributed by atoms with Crippen LogP contribution in [0.25, 0.3) is 0 Å². The van der Waals surface area contributed by atoms with Gasteiger partial charge in [0.2, 0.25) is 0 Å². The maximum atomic E-state index is 5.95. The SMILES string of the molecule is CC(c1ccc2c(c1)OCCO2)N(C)C(CN)C1CC1. The smallest absolute Gasteiger partial charge is 0.161 e. The Hall–Kier alpha value is -1.26. The summed E-state index contributed by atoms with van der Waals surface area (Å²) in [6, 6.07) is 7.08. The molecule has 20 heavy (non-hydrogen) atoms. The highest BCUT2D eigenvalue weighted by molar-refractivity contribution is 5.44. The van der Waals surface area contributed by atoms with Gasteiger partial charge in [-0.2, -0.15) is 0 Å². The number of benzene rings is 1. The lowest BCUT2D eigenvalue weighted by molar-refractivity contribution is 0.163. The van der Waals surface area contributed by atoms with Crippen molar-refractivity contribution in [1.82, 2.24) is 4.90 Å². The van der Waals surface area contributed by atoms with Crippen LogP contribution < -0.4 is 15.2 Å². The number of rotatable bonds is 5. The van der Waals surface area contributed by atoms with Crippen LogP contribution >= 0.6 is 0 Å². The second-order valence-corrected chi connectivity index (χ2v) is 5.89. The molecule has 1 fully saturated rings. The van der Waals surface area contributed by atoms with Crippen molar-refractivity contribution in [3.63, 3.8) is 0 Å². The van der Waals surface area contributed by atoms with Crippen molar-refractivity contribution >= 4 is 0 Å². The summed E-state index contributed by atoms with van der Waals surface area (Å²) in [6.45, 7) is 4.24. The Morgan fingerprint density at radius 2 is 1.95 bits per heavy atom. The largest absolute Gasteiger partial charge is 0.486 e. The van der Waals surface area contributed by atoms with Crippen LogP contribution in [0, 0.1) is 5.92 Å². The molecule has 0 radical (unpaired) electrons. The van der Waals surface area contributed by atoms with E-state index in [4.69, 9.17) is 15.2 Å².